The smallest absolute Gasteiger partial charge is 0.268 e. The van der Waals surface area contributed by atoms with E-state index >= 15 is 0 Å². The van der Waals surface area contributed by atoms with Crippen LogP contribution in [0.25, 0.3) is 0 Å². The van der Waals surface area contributed by atoms with E-state index in [1.54, 1.807) is 16.8 Å². The van der Waals surface area contributed by atoms with E-state index < -0.39 is 0 Å². The highest BCUT2D eigenvalue weighted by atomic mass is 79.9. The van der Waals surface area contributed by atoms with Gasteiger partial charge in [-0.2, -0.15) is 0 Å². The van der Waals surface area contributed by atoms with Crippen molar-refractivity contribution < 1.29 is 4.79 Å². The minimum atomic E-state index is -0.0964. The highest BCUT2D eigenvalue weighted by molar-refractivity contribution is 9.10. The van der Waals surface area contributed by atoms with Gasteiger partial charge in [0.2, 0.25) is 0 Å². The molecule has 1 N–H and O–H groups in total. The zero-order valence-electron chi connectivity index (χ0n) is 9.48. The molecule has 2 rings (SSSR count). The summed E-state index contributed by atoms with van der Waals surface area (Å²) in [6.45, 7) is 1.93. The van der Waals surface area contributed by atoms with Crippen molar-refractivity contribution in [2.24, 2.45) is 7.05 Å². The largest absolute Gasteiger partial charge is 0.345 e. The van der Waals surface area contributed by atoms with Gasteiger partial charge in [-0.1, -0.05) is 0 Å². The van der Waals surface area contributed by atoms with Gasteiger partial charge in [0, 0.05) is 29.3 Å². The third-order valence-corrected chi connectivity index (χ3v) is 3.77. The Kier molecular flexibility index (Phi) is 3.63. The number of thiazole rings is 1. The molecule has 0 aliphatic carbocycles. The molecule has 2 aromatic heterocycles. The summed E-state index contributed by atoms with van der Waals surface area (Å²) in [5.41, 5.74) is 0.625. The molecule has 1 amide bonds. The zero-order valence-corrected chi connectivity index (χ0v) is 11.9. The summed E-state index contributed by atoms with van der Waals surface area (Å²) in [4.78, 5) is 16.2. The molecule has 0 aromatic carbocycles. The molecule has 1 unspecified atom stereocenters. The Morgan fingerprint density at radius 2 is 2.41 bits per heavy atom. The van der Waals surface area contributed by atoms with Crippen molar-refractivity contribution in [3.8, 4) is 0 Å². The molecule has 2 aromatic rings. The van der Waals surface area contributed by atoms with Gasteiger partial charge >= 0.3 is 0 Å². The maximum absolute atomic E-state index is 12.0. The Morgan fingerprint density at radius 1 is 1.65 bits per heavy atom. The second-order valence-electron chi connectivity index (χ2n) is 3.72. The number of amides is 1. The monoisotopic (exact) mass is 313 g/mol. The summed E-state index contributed by atoms with van der Waals surface area (Å²) in [7, 11) is 1.84. The van der Waals surface area contributed by atoms with Gasteiger partial charge in [-0.3, -0.25) is 4.79 Å². The number of hydrogen-bond acceptors (Lipinski definition) is 3. The molecular weight excluding hydrogens is 302 g/mol. The molecule has 17 heavy (non-hydrogen) atoms. The van der Waals surface area contributed by atoms with Crippen LogP contribution in [0, 0.1) is 0 Å². The van der Waals surface area contributed by atoms with E-state index in [0.29, 0.717) is 5.69 Å². The van der Waals surface area contributed by atoms with E-state index in [4.69, 9.17) is 0 Å². The Bertz CT molecular complexity index is 521. The first-order valence-corrected chi connectivity index (χ1v) is 6.77. The lowest BCUT2D eigenvalue weighted by atomic mass is 10.3. The summed E-state index contributed by atoms with van der Waals surface area (Å²) in [6, 6.07) is 1.72. The average Bonchev–Trinajstić information content (AvgIpc) is 2.87. The van der Waals surface area contributed by atoms with Crippen molar-refractivity contribution in [3.05, 3.63) is 39.0 Å². The fourth-order valence-corrected chi connectivity index (χ4v) is 2.70. The predicted molar refractivity (Wildman–Crippen MR) is 71.1 cm³/mol. The maximum Gasteiger partial charge on any atom is 0.268 e. The van der Waals surface area contributed by atoms with Gasteiger partial charge in [-0.25, -0.2) is 4.98 Å². The van der Waals surface area contributed by atoms with Crippen molar-refractivity contribution in [3.63, 3.8) is 0 Å². The van der Waals surface area contributed by atoms with Gasteiger partial charge in [-0.05, 0) is 28.9 Å². The highest BCUT2D eigenvalue weighted by Gasteiger charge is 2.15. The van der Waals surface area contributed by atoms with E-state index in [1.807, 2.05) is 25.5 Å². The van der Waals surface area contributed by atoms with Crippen LogP contribution in [-0.2, 0) is 7.05 Å². The molecular formula is C11H12BrN3OS. The molecule has 1 atom stereocenters. The van der Waals surface area contributed by atoms with Crippen LogP contribution in [-0.4, -0.2) is 15.5 Å². The molecule has 0 fully saturated rings. The maximum atomic E-state index is 12.0. The number of nitrogens with one attached hydrogen (secondary N) is 1. The first kappa shape index (κ1) is 12.3. The molecule has 0 aliphatic rings. The van der Waals surface area contributed by atoms with E-state index in [9.17, 15) is 4.79 Å². The van der Waals surface area contributed by atoms with E-state index in [0.717, 1.165) is 9.48 Å². The summed E-state index contributed by atoms with van der Waals surface area (Å²) in [5, 5.41) is 5.73. The van der Waals surface area contributed by atoms with Crippen LogP contribution >= 0.6 is 27.3 Å². The average molecular weight is 314 g/mol. The van der Waals surface area contributed by atoms with Crippen molar-refractivity contribution in [2.75, 3.05) is 0 Å². The van der Waals surface area contributed by atoms with Crippen LogP contribution in [0.4, 0.5) is 0 Å². The quantitative estimate of drug-likeness (QED) is 0.947. The molecule has 0 aliphatic heterocycles. The summed E-state index contributed by atoms with van der Waals surface area (Å²) in [5.74, 6) is -0.0964. The molecule has 0 spiro atoms. The highest BCUT2D eigenvalue weighted by Crippen LogP contribution is 2.17. The van der Waals surface area contributed by atoms with E-state index in [-0.39, 0.29) is 11.9 Å². The number of nitrogens with zero attached hydrogens (tertiary/aromatic N) is 2. The summed E-state index contributed by atoms with van der Waals surface area (Å²) >= 11 is 4.88. The minimum absolute atomic E-state index is 0.0730. The summed E-state index contributed by atoms with van der Waals surface area (Å²) < 4.78 is 2.68. The molecule has 0 saturated heterocycles. The topological polar surface area (TPSA) is 46.9 Å². The number of halogens is 1. The number of aromatic nitrogens is 2. The van der Waals surface area contributed by atoms with Crippen molar-refractivity contribution in [2.45, 2.75) is 13.0 Å². The number of hydrogen-bond donors (Lipinski definition) is 1. The lowest BCUT2D eigenvalue weighted by Gasteiger charge is -2.11. The lowest BCUT2D eigenvalue weighted by molar-refractivity contribution is 0.0931. The van der Waals surface area contributed by atoms with Gasteiger partial charge in [0.05, 0.1) is 6.04 Å². The molecule has 2 heterocycles. The Hall–Kier alpha value is -1.14. The number of carbonyl (C=O) groups is 1. The van der Waals surface area contributed by atoms with Crippen molar-refractivity contribution in [1.82, 2.24) is 14.9 Å². The Labute approximate surface area is 112 Å². The molecule has 90 valence electrons. The Balaban J connectivity index is 2.09. The third-order valence-electron chi connectivity index (χ3n) is 2.37. The van der Waals surface area contributed by atoms with Gasteiger partial charge in [0.15, 0.2) is 0 Å². The molecule has 0 radical (unpaired) electrons. The lowest BCUT2D eigenvalue weighted by Crippen LogP contribution is -2.28. The third kappa shape index (κ3) is 2.76. The standard InChI is InChI=1S/C11H12BrN3OS/c1-7(11-13-3-4-17-11)14-10(16)9-5-8(12)6-15(9)2/h3-7H,1-2H3,(H,14,16). The van der Waals surface area contributed by atoms with Crippen LogP contribution in [0.3, 0.4) is 0 Å². The van der Waals surface area contributed by atoms with Crippen LogP contribution < -0.4 is 5.32 Å². The second kappa shape index (κ2) is 5.01. The molecule has 4 nitrogen and oxygen atoms in total. The van der Waals surface area contributed by atoms with Crippen molar-refractivity contribution in [1.29, 1.82) is 0 Å². The SMILES string of the molecule is CC(NC(=O)c1cc(Br)cn1C)c1nccs1. The van der Waals surface area contributed by atoms with Crippen LogP contribution in [0.1, 0.15) is 28.5 Å². The van der Waals surface area contributed by atoms with Crippen molar-refractivity contribution >= 4 is 33.2 Å². The van der Waals surface area contributed by atoms with Gasteiger partial charge in [0.25, 0.3) is 5.91 Å². The van der Waals surface area contributed by atoms with Gasteiger partial charge in [-0.15, -0.1) is 11.3 Å². The minimum Gasteiger partial charge on any atom is -0.345 e. The number of carbonyl (C=O) groups excluding carboxylic acids is 1. The van der Waals surface area contributed by atoms with E-state index in [2.05, 4.69) is 26.2 Å². The zero-order chi connectivity index (χ0) is 12.4. The van der Waals surface area contributed by atoms with Gasteiger partial charge in [0.1, 0.15) is 10.7 Å². The molecule has 6 heteroatoms. The predicted octanol–water partition coefficient (Wildman–Crippen LogP) is 2.74. The number of rotatable bonds is 3. The number of aryl methyl sites for hydroxylation is 1. The first-order valence-electron chi connectivity index (χ1n) is 5.10. The van der Waals surface area contributed by atoms with E-state index in [1.165, 1.54) is 11.3 Å². The fourth-order valence-electron chi connectivity index (χ4n) is 1.53. The van der Waals surface area contributed by atoms with Gasteiger partial charge < -0.3 is 9.88 Å². The fraction of sp³-hybridized carbons (Fsp3) is 0.273. The normalized spacial score (nSPS) is 12.4. The molecule has 0 saturated carbocycles. The molecule has 0 bridgehead atoms. The Morgan fingerprint density at radius 3 is 2.94 bits per heavy atom. The van der Waals surface area contributed by atoms with Crippen LogP contribution in [0.2, 0.25) is 0 Å². The first-order chi connectivity index (χ1) is 8.08. The van der Waals surface area contributed by atoms with Crippen LogP contribution in [0.15, 0.2) is 28.3 Å². The summed E-state index contributed by atoms with van der Waals surface area (Å²) in [6.07, 6.45) is 3.59. The van der Waals surface area contributed by atoms with Crippen LogP contribution in [0.5, 0.6) is 0 Å². The second-order valence-corrected chi connectivity index (χ2v) is 5.56.